The Balaban J connectivity index is 2.79. The average molecular weight is 252 g/mol. The van der Waals surface area contributed by atoms with Gasteiger partial charge in [0.1, 0.15) is 0 Å². The topological polar surface area (TPSA) is 17.1 Å². The zero-order valence-electron chi connectivity index (χ0n) is 7.40. The van der Waals surface area contributed by atoms with Gasteiger partial charge in [-0.2, -0.15) is 0 Å². The molecule has 0 unspecified atom stereocenters. The maximum Gasteiger partial charge on any atom is 0.151 e. The van der Waals surface area contributed by atoms with Crippen molar-refractivity contribution in [3.8, 4) is 0 Å². The van der Waals surface area contributed by atoms with Crippen LogP contribution in [0, 0.1) is 0 Å². The highest BCUT2D eigenvalue weighted by Crippen LogP contribution is 2.25. The van der Waals surface area contributed by atoms with E-state index in [-0.39, 0.29) is 11.7 Å². The lowest BCUT2D eigenvalue weighted by Gasteiger charge is -1.98. The second-order valence-electron chi connectivity index (χ2n) is 2.93. The molecule has 4 heteroatoms. The van der Waals surface area contributed by atoms with E-state index in [0.29, 0.717) is 22.9 Å². The van der Waals surface area contributed by atoms with Crippen LogP contribution in [-0.2, 0) is 4.79 Å². The van der Waals surface area contributed by atoms with E-state index in [1.165, 1.54) is 0 Å². The van der Waals surface area contributed by atoms with Crippen LogP contribution in [-0.4, -0.2) is 11.7 Å². The van der Waals surface area contributed by atoms with Crippen molar-refractivity contribution in [2.75, 3.05) is 5.88 Å². The van der Waals surface area contributed by atoms with Crippen molar-refractivity contribution in [2.24, 2.45) is 0 Å². The molecule has 1 rings (SSSR count). The van der Waals surface area contributed by atoms with Gasteiger partial charge in [0.2, 0.25) is 0 Å². The fraction of sp³-hybridized carbons (Fsp3) is 0.300. The summed E-state index contributed by atoms with van der Waals surface area (Å²) in [7, 11) is 0. The molecule has 1 aliphatic carbocycles. The molecule has 0 aliphatic heterocycles. The van der Waals surface area contributed by atoms with Gasteiger partial charge in [-0.3, -0.25) is 4.79 Å². The molecule has 0 N–H and O–H groups in total. The highest BCUT2D eigenvalue weighted by molar-refractivity contribution is 6.40. The first-order chi connectivity index (χ1) is 6.63. The minimum absolute atomic E-state index is 0.0231. The van der Waals surface area contributed by atoms with E-state index in [4.69, 9.17) is 34.8 Å². The Morgan fingerprint density at radius 3 is 2.79 bits per heavy atom. The van der Waals surface area contributed by atoms with E-state index < -0.39 is 0 Å². The van der Waals surface area contributed by atoms with Crippen LogP contribution in [0.15, 0.2) is 33.9 Å². The predicted molar refractivity (Wildman–Crippen MR) is 60.9 cm³/mol. The first-order valence-corrected chi connectivity index (χ1v) is 5.41. The van der Waals surface area contributed by atoms with Crippen LogP contribution in [0.1, 0.15) is 12.8 Å². The van der Waals surface area contributed by atoms with Crippen LogP contribution in [0.4, 0.5) is 0 Å². The number of carbonyl (C=O) groups is 1. The molecule has 0 aromatic carbocycles. The lowest BCUT2D eigenvalue weighted by atomic mass is 10.1. The van der Waals surface area contributed by atoms with Crippen molar-refractivity contribution < 1.29 is 4.79 Å². The molecule has 1 nitrogen and oxygen atoms in total. The van der Waals surface area contributed by atoms with Crippen molar-refractivity contribution in [2.45, 2.75) is 12.8 Å². The van der Waals surface area contributed by atoms with Crippen LogP contribution in [0.25, 0.3) is 0 Å². The van der Waals surface area contributed by atoms with Crippen molar-refractivity contribution in [1.29, 1.82) is 0 Å². The van der Waals surface area contributed by atoms with Gasteiger partial charge in [0.05, 0.1) is 10.9 Å². The fourth-order valence-electron chi connectivity index (χ4n) is 1.09. The van der Waals surface area contributed by atoms with E-state index in [9.17, 15) is 4.79 Å². The monoisotopic (exact) mass is 250 g/mol. The number of hydrogen-bond donors (Lipinski definition) is 0. The molecule has 0 spiro atoms. The van der Waals surface area contributed by atoms with Crippen molar-refractivity contribution >= 4 is 40.6 Å². The van der Waals surface area contributed by atoms with Crippen LogP contribution in [0.3, 0.4) is 0 Å². The van der Waals surface area contributed by atoms with Gasteiger partial charge in [-0.05, 0) is 11.6 Å². The van der Waals surface area contributed by atoms with Crippen LogP contribution >= 0.6 is 34.8 Å². The summed E-state index contributed by atoms with van der Waals surface area (Å²) in [5.41, 5.74) is 0.844. The molecule has 0 atom stereocenters. The SMILES string of the molecule is O=C(CCl)CC1=CC(Cl)=C(Cl)CC=C1. The van der Waals surface area contributed by atoms with E-state index in [1.807, 2.05) is 12.2 Å². The highest BCUT2D eigenvalue weighted by atomic mass is 35.5. The lowest BCUT2D eigenvalue weighted by Crippen LogP contribution is -1.99. The summed E-state index contributed by atoms with van der Waals surface area (Å²) in [6.45, 7) is 0. The number of halogens is 3. The number of allylic oxidation sites excluding steroid dienone is 6. The van der Waals surface area contributed by atoms with Gasteiger partial charge >= 0.3 is 0 Å². The molecule has 0 saturated heterocycles. The molecular formula is C10H9Cl3O. The Morgan fingerprint density at radius 2 is 2.14 bits per heavy atom. The summed E-state index contributed by atoms with van der Waals surface area (Å²) in [6.07, 6.45) is 6.35. The molecule has 0 saturated carbocycles. The van der Waals surface area contributed by atoms with Crippen LogP contribution in [0.5, 0.6) is 0 Å². The van der Waals surface area contributed by atoms with E-state index in [0.717, 1.165) is 5.57 Å². The van der Waals surface area contributed by atoms with Gasteiger partial charge in [0.15, 0.2) is 5.78 Å². The highest BCUT2D eigenvalue weighted by Gasteiger charge is 2.07. The summed E-state index contributed by atoms with van der Waals surface area (Å²) in [5, 5.41) is 1.09. The Kier molecular flexibility index (Phi) is 4.73. The molecule has 0 fully saturated rings. The first kappa shape index (κ1) is 11.8. The van der Waals surface area contributed by atoms with Crippen LogP contribution < -0.4 is 0 Å². The Labute approximate surface area is 98.0 Å². The largest absolute Gasteiger partial charge is 0.298 e. The summed E-state index contributed by atoms with van der Waals surface area (Å²) in [6, 6.07) is 0. The van der Waals surface area contributed by atoms with Crippen molar-refractivity contribution in [1.82, 2.24) is 0 Å². The van der Waals surface area contributed by atoms with E-state index in [2.05, 4.69) is 0 Å². The predicted octanol–water partition coefficient (Wildman–Crippen LogP) is 3.76. The maximum atomic E-state index is 11.1. The zero-order valence-corrected chi connectivity index (χ0v) is 9.66. The average Bonchev–Trinajstić information content (AvgIpc) is 2.30. The Hall–Kier alpha value is -0.240. The molecule has 0 aromatic heterocycles. The fourth-order valence-corrected chi connectivity index (χ4v) is 1.54. The molecule has 0 bridgehead atoms. The van der Waals surface area contributed by atoms with Gasteiger partial charge in [0.25, 0.3) is 0 Å². The standard InChI is InChI=1S/C10H9Cl3O/c11-6-8(14)4-7-2-1-3-9(12)10(13)5-7/h1-2,5H,3-4,6H2. The minimum atomic E-state index is -0.0231. The molecule has 0 heterocycles. The summed E-state index contributed by atoms with van der Waals surface area (Å²) in [5.74, 6) is 0.00492. The molecule has 76 valence electrons. The van der Waals surface area contributed by atoms with Crippen molar-refractivity contribution in [3.63, 3.8) is 0 Å². The number of ketones is 1. The summed E-state index contributed by atoms with van der Waals surface area (Å²) in [4.78, 5) is 11.1. The van der Waals surface area contributed by atoms with Gasteiger partial charge in [-0.25, -0.2) is 0 Å². The number of alkyl halides is 1. The smallest absolute Gasteiger partial charge is 0.151 e. The van der Waals surface area contributed by atoms with Gasteiger partial charge in [0, 0.05) is 17.9 Å². The third-order valence-corrected chi connectivity index (χ3v) is 2.84. The number of Topliss-reactive ketones (excluding diaryl/α,β-unsaturated/α-hetero) is 1. The van der Waals surface area contributed by atoms with Crippen LogP contribution in [0.2, 0.25) is 0 Å². The maximum absolute atomic E-state index is 11.1. The minimum Gasteiger partial charge on any atom is -0.298 e. The number of rotatable bonds is 3. The van der Waals surface area contributed by atoms with E-state index >= 15 is 0 Å². The quantitative estimate of drug-likeness (QED) is 0.698. The zero-order chi connectivity index (χ0) is 10.6. The molecule has 14 heavy (non-hydrogen) atoms. The molecule has 0 amide bonds. The van der Waals surface area contributed by atoms with Gasteiger partial charge < -0.3 is 0 Å². The molecule has 0 radical (unpaired) electrons. The molecule has 1 aliphatic rings. The van der Waals surface area contributed by atoms with Crippen molar-refractivity contribution in [3.05, 3.63) is 33.9 Å². The lowest BCUT2D eigenvalue weighted by molar-refractivity contribution is -0.116. The summed E-state index contributed by atoms with van der Waals surface area (Å²) >= 11 is 17.1. The third-order valence-electron chi connectivity index (χ3n) is 1.75. The second kappa shape index (κ2) is 5.59. The third kappa shape index (κ3) is 3.49. The number of hydrogen-bond acceptors (Lipinski definition) is 1. The van der Waals surface area contributed by atoms with Gasteiger partial charge in [-0.1, -0.05) is 35.4 Å². The Morgan fingerprint density at radius 1 is 1.43 bits per heavy atom. The molecular weight excluding hydrogens is 242 g/mol. The summed E-state index contributed by atoms with van der Waals surface area (Å²) < 4.78 is 0. The number of carbonyl (C=O) groups excluding carboxylic acids is 1. The normalized spacial score (nSPS) is 16.6. The Bertz CT molecular complexity index is 326. The second-order valence-corrected chi connectivity index (χ2v) is 4.06. The van der Waals surface area contributed by atoms with Gasteiger partial charge in [-0.15, -0.1) is 11.6 Å². The van der Waals surface area contributed by atoms with E-state index in [1.54, 1.807) is 6.08 Å². The first-order valence-electron chi connectivity index (χ1n) is 4.12. The molecule has 0 aromatic rings.